The van der Waals surface area contributed by atoms with Crippen molar-refractivity contribution in [1.29, 1.82) is 0 Å². The molecule has 10 nitrogen and oxygen atoms in total. The number of H-pyrrole nitrogens is 1. The van der Waals surface area contributed by atoms with E-state index in [0.29, 0.717) is 41.2 Å². The van der Waals surface area contributed by atoms with E-state index in [9.17, 15) is 18.7 Å². The topological polar surface area (TPSA) is 143 Å². The minimum Gasteiger partial charge on any atom is -0.508 e. The number of terminal acetylenes is 1. The molecule has 0 saturated carbocycles. The number of rotatable bonds is 5. The molecule has 3 aromatic carbocycles. The van der Waals surface area contributed by atoms with Gasteiger partial charge in [-0.3, -0.25) is 4.90 Å². The fraction of sp³-hybridized carbons (Fsp3) is 0.270. The van der Waals surface area contributed by atoms with Crippen molar-refractivity contribution in [3.05, 3.63) is 81.6 Å². The molecule has 5 N–H and O–H groups in total. The number of benzene rings is 3. The average molecular weight is 665 g/mol. The molecule has 0 aliphatic carbocycles. The highest BCUT2D eigenvalue weighted by atomic mass is 19.1. The molecule has 3 aromatic heterocycles. The summed E-state index contributed by atoms with van der Waals surface area (Å²) in [4.78, 5) is 27.6. The number of hydrogen-bond acceptors (Lipinski definition) is 9. The molecule has 12 heteroatoms. The van der Waals surface area contributed by atoms with Crippen LogP contribution in [0.15, 0.2) is 57.9 Å². The standard InChI is InChI=1S/C30H22FN5O4.C7H12FN/c1-4-19-21(31)6-5-16-11-18(37)12-20(23(16)19)27-14(2)25-24(29(38)40-27)28(36-30(35-25)39-3)34-13-15-9-17-7-8-33-26(17)22(32)10-15;8-6-4-7-2-1-3-9(7)5-6/h1,5-12,33,37H,13,32H2,2-3H3,(H,34,35,36);6-7H,1-5H2. The van der Waals surface area contributed by atoms with Gasteiger partial charge in [-0.2, -0.15) is 9.97 Å². The van der Waals surface area contributed by atoms with E-state index in [0.717, 1.165) is 29.4 Å². The number of aromatic nitrogens is 3. The van der Waals surface area contributed by atoms with Gasteiger partial charge in [0.2, 0.25) is 0 Å². The van der Waals surface area contributed by atoms with Gasteiger partial charge < -0.3 is 30.3 Å². The summed E-state index contributed by atoms with van der Waals surface area (Å²) in [5, 5.41) is 15.5. The lowest BCUT2D eigenvalue weighted by Gasteiger charge is -2.15. The number of fused-ring (bicyclic) bond motifs is 4. The zero-order valence-corrected chi connectivity index (χ0v) is 26.9. The number of methoxy groups -OCH3 is 1. The summed E-state index contributed by atoms with van der Waals surface area (Å²) in [5.74, 6) is 1.93. The Morgan fingerprint density at radius 1 is 1.20 bits per heavy atom. The molecule has 0 amide bonds. The molecule has 2 fully saturated rings. The van der Waals surface area contributed by atoms with E-state index in [1.807, 2.05) is 24.4 Å². The number of alkyl halides is 1. The number of nitrogen functional groups attached to an aromatic ring is 1. The SMILES string of the molecule is C#Cc1c(F)ccc2cc(O)cc(-c3oc(=O)c4c(NCc5cc(N)c6[nH]ccc6c5)nc(OC)nc4c3C)c12.FC1CC2CCCN2C1. The molecule has 5 heterocycles. The molecular formula is C37H34F2N6O4. The number of nitrogens with one attached hydrogen (secondary N) is 2. The lowest BCUT2D eigenvalue weighted by atomic mass is 9.95. The van der Waals surface area contributed by atoms with Crippen LogP contribution in [0.4, 0.5) is 20.3 Å². The van der Waals surface area contributed by atoms with Gasteiger partial charge in [0.1, 0.15) is 34.7 Å². The van der Waals surface area contributed by atoms with Crippen LogP contribution in [0.2, 0.25) is 0 Å². The first kappa shape index (κ1) is 31.9. The minimum atomic E-state index is -0.739. The van der Waals surface area contributed by atoms with Gasteiger partial charge in [0.15, 0.2) is 0 Å². The molecule has 250 valence electrons. The van der Waals surface area contributed by atoms with Gasteiger partial charge in [0.25, 0.3) is 0 Å². The Balaban J connectivity index is 0.000000361. The zero-order valence-electron chi connectivity index (χ0n) is 26.9. The molecular weight excluding hydrogens is 630 g/mol. The Hall–Kier alpha value is -5.67. The molecule has 0 spiro atoms. The van der Waals surface area contributed by atoms with E-state index >= 15 is 0 Å². The molecule has 2 saturated heterocycles. The summed E-state index contributed by atoms with van der Waals surface area (Å²) < 4.78 is 38.4. The number of aromatic amines is 1. The number of nitrogens with zero attached hydrogens (tertiary/aromatic N) is 3. The number of halogens is 2. The van der Waals surface area contributed by atoms with Crippen LogP contribution >= 0.6 is 0 Å². The second-order valence-corrected chi connectivity index (χ2v) is 12.4. The number of aromatic hydroxyl groups is 1. The van der Waals surface area contributed by atoms with Gasteiger partial charge >= 0.3 is 11.6 Å². The third-order valence-electron chi connectivity index (χ3n) is 9.28. The number of aryl methyl sites for hydroxylation is 1. The van der Waals surface area contributed by atoms with Crippen LogP contribution in [0, 0.1) is 25.1 Å². The predicted octanol–water partition coefficient (Wildman–Crippen LogP) is 6.41. The smallest absolute Gasteiger partial charge is 0.349 e. The van der Waals surface area contributed by atoms with Crippen LogP contribution in [-0.4, -0.2) is 57.4 Å². The number of phenols is 1. The molecule has 0 radical (unpaired) electrons. The zero-order chi connectivity index (χ0) is 34.4. The average Bonchev–Trinajstić information content (AvgIpc) is 3.82. The Kier molecular flexibility index (Phi) is 8.30. The van der Waals surface area contributed by atoms with Crippen LogP contribution in [0.3, 0.4) is 0 Å². The number of ether oxygens (including phenoxy) is 1. The van der Waals surface area contributed by atoms with Crippen LogP contribution < -0.4 is 21.4 Å². The third kappa shape index (κ3) is 5.87. The fourth-order valence-electron chi connectivity index (χ4n) is 7.03. The van der Waals surface area contributed by atoms with Gasteiger partial charge in [-0.1, -0.05) is 12.0 Å². The quantitative estimate of drug-likeness (QED) is 0.121. The lowest BCUT2D eigenvalue weighted by molar-refractivity contribution is 0.292. The number of anilines is 2. The van der Waals surface area contributed by atoms with Crippen molar-refractivity contribution < 1.29 is 23.0 Å². The number of phenolic OH excluding ortho intramolecular Hbond substituents is 1. The minimum absolute atomic E-state index is 0.0177. The second kappa shape index (κ2) is 12.7. The van der Waals surface area contributed by atoms with E-state index in [4.69, 9.17) is 21.3 Å². The van der Waals surface area contributed by atoms with Crippen molar-refractivity contribution in [2.45, 2.75) is 44.9 Å². The molecule has 49 heavy (non-hydrogen) atoms. The van der Waals surface area contributed by atoms with Gasteiger partial charge in [-0.05, 0) is 80.1 Å². The van der Waals surface area contributed by atoms with Crippen molar-refractivity contribution in [2.75, 3.05) is 31.2 Å². The van der Waals surface area contributed by atoms with Gasteiger partial charge in [0, 0.05) is 47.2 Å². The molecule has 2 unspecified atom stereocenters. The lowest BCUT2D eigenvalue weighted by Crippen LogP contribution is -2.22. The van der Waals surface area contributed by atoms with E-state index < -0.39 is 17.6 Å². The summed E-state index contributed by atoms with van der Waals surface area (Å²) in [5.41, 5.74) is 8.67. The van der Waals surface area contributed by atoms with E-state index in [1.54, 1.807) is 6.92 Å². The summed E-state index contributed by atoms with van der Waals surface area (Å²) in [6, 6.07) is 11.9. The van der Waals surface area contributed by atoms with E-state index in [-0.39, 0.29) is 45.4 Å². The van der Waals surface area contributed by atoms with Crippen molar-refractivity contribution in [3.63, 3.8) is 0 Å². The van der Waals surface area contributed by atoms with E-state index in [2.05, 4.69) is 31.1 Å². The molecule has 2 aliphatic rings. The van der Waals surface area contributed by atoms with Gasteiger partial charge in [-0.25, -0.2) is 13.6 Å². The summed E-state index contributed by atoms with van der Waals surface area (Å²) in [7, 11) is 1.41. The van der Waals surface area contributed by atoms with Crippen LogP contribution in [0.1, 0.15) is 36.0 Å². The van der Waals surface area contributed by atoms with Gasteiger partial charge in [0.05, 0.1) is 29.4 Å². The first-order valence-electron chi connectivity index (χ1n) is 15.9. The number of hydrogen-bond donors (Lipinski definition) is 4. The highest BCUT2D eigenvalue weighted by Gasteiger charge is 2.34. The predicted molar refractivity (Wildman–Crippen MR) is 186 cm³/mol. The maximum absolute atomic E-state index is 14.7. The molecule has 6 aromatic rings. The van der Waals surface area contributed by atoms with Crippen molar-refractivity contribution in [1.82, 2.24) is 19.9 Å². The first-order valence-corrected chi connectivity index (χ1v) is 15.9. The van der Waals surface area contributed by atoms with Gasteiger partial charge in [-0.15, -0.1) is 6.42 Å². The highest BCUT2D eigenvalue weighted by Crippen LogP contribution is 2.39. The maximum atomic E-state index is 14.7. The van der Waals surface area contributed by atoms with Crippen LogP contribution in [-0.2, 0) is 6.54 Å². The molecule has 0 bridgehead atoms. The normalized spacial score (nSPS) is 17.2. The van der Waals surface area contributed by atoms with Crippen LogP contribution in [0.25, 0.3) is 43.9 Å². The molecule has 8 rings (SSSR count). The third-order valence-corrected chi connectivity index (χ3v) is 9.28. The van der Waals surface area contributed by atoms with Crippen molar-refractivity contribution in [3.8, 4) is 35.4 Å². The number of nitrogens with two attached hydrogens (primary N) is 1. The Bertz CT molecular complexity index is 2340. The second-order valence-electron chi connectivity index (χ2n) is 12.4. The Labute approximate surface area is 279 Å². The highest BCUT2D eigenvalue weighted by molar-refractivity contribution is 6.03. The Morgan fingerprint density at radius 2 is 2.04 bits per heavy atom. The van der Waals surface area contributed by atoms with Crippen molar-refractivity contribution >= 4 is 44.1 Å². The summed E-state index contributed by atoms with van der Waals surface area (Å²) >= 11 is 0. The first-order chi connectivity index (χ1) is 23.6. The maximum Gasteiger partial charge on any atom is 0.349 e. The summed E-state index contributed by atoms with van der Waals surface area (Å²) in [6.07, 6.45) is 10.3. The van der Waals surface area contributed by atoms with Crippen molar-refractivity contribution in [2.24, 2.45) is 0 Å². The monoisotopic (exact) mass is 664 g/mol. The molecule has 2 aliphatic heterocycles. The largest absolute Gasteiger partial charge is 0.508 e. The van der Waals surface area contributed by atoms with E-state index in [1.165, 1.54) is 44.2 Å². The van der Waals surface area contributed by atoms with Crippen LogP contribution in [0.5, 0.6) is 11.8 Å². The summed E-state index contributed by atoms with van der Waals surface area (Å²) in [6.45, 7) is 3.85. The Morgan fingerprint density at radius 3 is 2.82 bits per heavy atom. The molecule has 2 atom stereocenters. The fourth-order valence-corrected chi connectivity index (χ4v) is 7.03.